The summed E-state index contributed by atoms with van der Waals surface area (Å²) in [4.78, 5) is 38.7. The summed E-state index contributed by atoms with van der Waals surface area (Å²) in [5, 5.41) is 3.32. The number of aromatic nitrogens is 2. The van der Waals surface area contributed by atoms with Crippen molar-refractivity contribution in [3.05, 3.63) is 122 Å². The van der Waals surface area contributed by atoms with E-state index in [0.717, 1.165) is 10.1 Å². The maximum absolute atomic E-state index is 15.5. The fourth-order valence-corrected chi connectivity index (χ4v) is 4.94. The number of nitrogens with zero attached hydrogens (tertiary/aromatic N) is 2. The van der Waals surface area contributed by atoms with Gasteiger partial charge in [0.05, 0.1) is 31.8 Å². The van der Waals surface area contributed by atoms with Gasteiger partial charge < -0.3 is 20.3 Å². The van der Waals surface area contributed by atoms with Gasteiger partial charge in [-0.05, 0) is 43.7 Å². The van der Waals surface area contributed by atoms with E-state index in [1.807, 2.05) is 36.6 Å². The Morgan fingerprint density at radius 1 is 0.953 bits per heavy atom. The number of unbranched alkanes of at least 4 members (excludes halogenated alkanes) is 1. The second-order valence-electron chi connectivity index (χ2n) is 9.77. The largest absolute Gasteiger partial charge is 1.00 e. The van der Waals surface area contributed by atoms with Gasteiger partial charge in [-0.1, -0.05) is 61.0 Å². The number of nitrogens with one attached hydrogen (secondary N) is 1. The smallest absolute Gasteiger partial charge is 0.870 e. The predicted molar refractivity (Wildman–Crippen MR) is 156 cm³/mol. The zero-order chi connectivity index (χ0) is 29.5. The van der Waals surface area contributed by atoms with Crippen LogP contribution < -0.4 is 50.9 Å². The molecule has 0 aliphatic carbocycles. The van der Waals surface area contributed by atoms with Crippen molar-refractivity contribution in [1.82, 2.24) is 14.5 Å². The van der Waals surface area contributed by atoms with Crippen LogP contribution in [-0.2, 0) is 17.9 Å². The number of hydrogen-bond acceptors (Lipinski definition) is 6. The zero-order valence-corrected chi connectivity index (χ0v) is 26.7. The summed E-state index contributed by atoms with van der Waals surface area (Å²) >= 11 is 0. The van der Waals surface area contributed by atoms with E-state index in [1.165, 1.54) is 29.9 Å². The number of aryl methyl sites for hydroxylation is 1. The van der Waals surface area contributed by atoms with E-state index >= 15 is 4.39 Å². The molecular formula is C32H33F2N3NaO5-. The van der Waals surface area contributed by atoms with Crippen LogP contribution in [0.1, 0.15) is 41.3 Å². The van der Waals surface area contributed by atoms with Crippen LogP contribution in [0.5, 0.6) is 5.75 Å². The molecule has 0 fully saturated rings. The number of hydrogen-bond donors (Lipinski definition) is 1. The summed E-state index contributed by atoms with van der Waals surface area (Å²) < 4.78 is 38.0. The summed E-state index contributed by atoms with van der Waals surface area (Å²) in [6.45, 7) is 3.50. The fraction of sp³-hybridized carbons (Fsp3) is 0.281. The minimum atomic E-state index is -0.739. The van der Waals surface area contributed by atoms with E-state index in [1.54, 1.807) is 32.0 Å². The summed E-state index contributed by atoms with van der Waals surface area (Å²) in [6.07, 6.45) is 2.62. The van der Waals surface area contributed by atoms with Gasteiger partial charge in [-0.25, -0.2) is 13.6 Å². The molecule has 1 heterocycles. The van der Waals surface area contributed by atoms with Crippen molar-refractivity contribution in [3.63, 3.8) is 0 Å². The quantitative estimate of drug-likeness (QED) is 0.151. The maximum Gasteiger partial charge on any atom is 1.00 e. The van der Waals surface area contributed by atoms with Gasteiger partial charge in [-0.15, -0.1) is 0 Å². The standard InChI is InChI=1S/C32H32F2N3O4.Na.H2O/c1-21-11-9-15-26(33)25(21)19-36-22(2)29(24-14-10-16-28(41-3)30(24)34)31(39)37(32(36)40)20-27(35-17-7-8-18-38)23-12-5-4-6-13-23;;/h4-6,9-16,27,35H,7-8,17,19-20H2,1-3H3;;1H2/q-1;+1;/p-1/t27-;;/m0../s1. The fourth-order valence-electron chi connectivity index (χ4n) is 4.94. The van der Waals surface area contributed by atoms with Crippen LogP contribution in [0.4, 0.5) is 8.78 Å². The van der Waals surface area contributed by atoms with Crippen molar-refractivity contribution >= 4 is 6.29 Å². The predicted octanol–water partition coefficient (Wildman–Crippen LogP) is 1.68. The second kappa shape index (κ2) is 16.4. The molecule has 43 heavy (non-hydrogen) atoms. The van der Waals surface area contributed by atoms with E-state index in [-0.39, 0.29) is 77.1 Å². The molecule has 4 rings (SSSR count). The molecular weight excluding hydrogens is 567 g/mol. The first-order valence-electron chi connectivity index (χ1n) is 13.3. The minimum Gasteiger partial charge on any atom is -0.870 e. The Morgan fingerprint density at radius 3 is 2.30 bits per heavy atom. The SMILES string of the molecule is COc1cccc(-c2c(C)n(Cc3c(C)cccc3F)c(=O)n(C[C@H](NCCC[C-]=O)c3ccccc3)c2=O)c1F.[Na+].[OH-]. The topological polar surface area (TPSA) is 112 Å². The Hall–Kier alpha value is -3.41. The van der Waals surface area contributed by atoms with Crippen LogP contribution in [0.2, 0.25) is 0 Å². The third kappa shape index (κ3) is 7.95. The van der Waals surface area contributed by atoms with Gasteiger partial charge in [-0.3, -0.25) is 20.2 Å². The number of carbonyl (C=O) groups excluding carboxylic acids is 1. The molecule has 0 radical (unpaired) electrons. The Labute approximate surface area is 270 Å². The van der Waals surface area contributed by atoms with Crippen LogP contribution in [0.3, 0.4) is 0 Å². The first-order chi connectivity index (χ1) is 19.8. The molecule has 11 heteroatoms. The van der Waals surface area contributed by atoms with Gasteiger partial charge in [0.25, 0.3) is 5.56 Å². The van der Waals surface area contributed by atoms with Crippen molar-refractivity contribution in [2.24, 2.45) is 0 Å². The number of methoxy groups -OCH3 is 1. The molecule has 0 amide bonds. The van der Waals surface area contributed by atoms with Crippen molar-refractivity contribution in [2.45, 2.75) is 45.8 Å². The van der Waals surface area contributed by atoms with E-state index in [4.69, 9.17) is 4.74 Å². The Kier molecular flexibility index (Phi) is 13.7. The molecule has 0 aliphatic rings. The van der Waals surface area contributed by atoms with Crippen LogP contribution >= 0.6 is 0 Å². The molecule has 222 valence electrons. The third-order valence-corrected chi connectivity index (χ3v) is 7.22. The van der Waals surface area contributed by atoms with Gasteiger partial charge in [0.1, 0.15) is 5.82 Å². The van der Waals surface area contributed by atoms with E-state index in [2.05, 4.69) is 5.32 Å². The molecule has 3 aromatic carbocycles. The molecule has 0 spiro atoms. The Morgan fingerprint density at radius 2 is 1.65 bits per heavy atom. The Balaban J connectivity index is 0.00000323. The van der Waals surface area contributed by atoms with Crippen LogP contribution in [0.15, 0.2) is 76.3 Å². The Bertz CT molecular complexity index is 1640. The minimum absolute atomic E-state index is 0. The monoisotopic (exact) mass is 600 g/mol. The van der Waals surface area contributed by atoms with Crippen molar-refractivity contribution < 1.29 is 53.3 Å². The van der Waals surface area contributed by atoms with Crippen LogP contribution in [0.25, 0.3) is 11.1 Å². The van der Waals surface area contributed by atoms with Gasteiger partial charge in [0.2, 0.25) is 0 Å². The molecule has 2 N–H and O–H groups in total. The number of halogens is 2. The second-order valence-corrected chi connectivity index (χ2v) is 9.77. The van der Waals surface area contributed by atoms with E-state index < -0.39 is 28.9 Å². The summed E-state index contributed by atoms with van der Waals surface area (Å²) in [5.74, 6) is -1.28. The summed E-state index contributed by atoms with van der Waals surface area (Å²) in [5.41, 5.74) is 0.595. The number of benzene rings is 3. The third-order valence-electron chi connectivity index (χ3n) is 7.22. The first-order valence-corrected chi connectivity index (χ1v) is 13.3. The summed E-state index contributed by atoms with van der Waals surface area (Å²) in [6, 6.07) is 17.9. The molecule has 0 bridgehead atoms. The number of ether oxygens (including phenoxy) is 1. The van der Waals surface area contributed by atoms with Gasteiger partial charge in [0, 0.05) is 16.8 Å². The average molecular weight is 601 g/mol. The van der Waals surface area contributed by atoms with Crippen LogP contribution in [0, 0.1) is 25.5 Å². The van der Waals surface area contributed by atoms with Crippen molar-refractivity contribution in [3.8, 4) is 16.9 Å². The van der Waals surface area contributed by atoms with E-state index in [9.17, 15) is 18.8 Å². The maximum atomic E-state index is 15.5. The zero-order valence-electron chi connectivity index (χ0n) is 24.7. The molecule has 0 saturated carbocycles. The molecule has 0 aliphatic heterocycles. The molecule has 4 aromatic rings. The van der Waals surface area contributed by atoms with Gasteiger partial charge in [0.15, 0.2) is 11.6 Å². The summed E-state index contributed by atoms with van der Waals surface area (Å²) in [7, 11) is 1.33. The number of rotatable bonds is 12. The average Bonchev–Trinajstić information content (AvgIpc) is 2.97. The van der Waals surface area contributed by atoms with Gasteiger partial charge in [-0.2, -0.15) is 6.42 Å². The first kappa shape index (κ1) is 35.8. The van der Waals surface area contributed by atoms with E-state index in [0.29, 0.717) is 24.1 Å². The molecule has 0 saturated heterocycles. The normalized spacial score (nSPS) is 11.3. The molecule has 0 unspecified atom stereocenters. The molecule has 1 atom stereocenters. The van der Waals surface area contributed by atoms with Gasteiger partial charge >= 0.3 is 35.2 Å². The van der Waals surface area contributed by atoms with Crippen LogP contribution in [-0.4, -0.2) is 34.6 Å². The van der Waals surface area contributed by atoms with Crippen molar-refractivity contribution in [1.29, 1.82) is 0 Å². The molecule has 1 aromatic heterocycles. The van der Waals surface area contributed by atoms with Crippen molar-refractivity contribution in [2.75, 3.05) is 13.7 Å². The molecule has 8 nitrogen and oxygen atoms in total.